The lowest BCUT2D eigenvalue weighted by molar-refractivity contribution is 0.525. The Morgan fingerprint density at radius 3 is 3.13 bits per heavy atom. The molecule has 0 aromatic carbocycles. The molecule has 0 amide bonds. The average Bonchev–Trinajstić information content (AvgIpc) is 2.88. The van der Waals surface area contributed by atoms with E-state index in [0.717, 1.165) is 23.9 Å². The van der Waals surface area contributed by atoms with E-state index in [0.29, 0.717) is 0 Å². The molecule has 0 radical (unpaired) electrons. The van der Waals surface area contributed by atoms with Gasteiger partial charge >= 0.3 is 0 Å². The summed E-state index contributed by atoms with van der Waals surface area (Å²) in [5.41, 5.74) is 0. The number of thioether (sulfide) groups is 1. The molecule has 80 valence electrons. The molecule has 1 aliphatic rings. The van der Waals surface area contributed by atoms with Gasteiger partial charge in [0.25, 0.3) is 0 Å². The molecule has 1 unspecified atom stereocenters. The van der Waals surface area contributed by atoms with Crippen molar-refractivity contribution in [2.45, 2.75) is 13.0 Å². The van der Waals surface area contributed by atoms with E-state index in [-0.39, 0.29) is 0 Å². The normalized spacial score (nSPS) is 20.3. The first-order valence-corrected chi connectivity index (χ1v) is 7.13. The summed E-state index contributed by atoms with van der Waals surface area (Å²) in [6.07, 6.45) is 1.35. The zero-order chi connectivity index (χ0) is 10.5. The Bertz CT molecular complexity index is 348. The van der Waals surface area contributed by atoms with Crippen LogP contribution in [0.3, 0.4) is 0 Å². The molecule has 1 N–H and O–H groups in total. The molecule has 2 heterocycles. The molecular formula is C11H14N2S2. The van der Waals surface area contributed by atoms with E-state index >= 15 is 0 Å². The molecule has 0 spiro atoms. The van der Waals surface area contributed by atoms with Crippen LogP contribution >= 0.6 is 23.1 Å². The van der Waals surface area contributed by atoms with Crippen LogP contribution in [0.2, 0.25) is 0 Å². The van der Waals surface area contributed by atoms with Crippen LogP contribution in [0, 0.1) is 17.2 Å². The van der Waals surface area contributed by atoms with Gasteiger partial charge in [0.2, 0.25) is 0 Å². The van der Waals surface area contributed by atoms with Crippen LogP contribution < -0.4 is 5.32 Å². The van der Waals surface area contributed by atoms with Gasteiger partial charge in [-0.05, 0) is 42.5 Å². The van der Waals surface area contributed by atoms with Gasteiger partial charge in [-0.2, -0.15) is 17.0 Å². The fourth-order valence-electron chi connectivity index (χ4n) is 1.68. The fraction of sp³-hybridized carbons (Fsp3) is 0.545. The van der Waals surface area contributed by atoms with E-state index in [1.165, 1.54) is 22.8 Å². The monoisotopic (exact) mass is 238 g/mol. The Balaban J connectivity index is 1.71. The van der Waals surface area contributed by atoms with Crippen molar-refractivity contribution in [2.75, 3.05) is 18.1 Å². The van der Waals surface area contributed by atoms with Gasteiger partial charge in [0.05, 0.1) is 0 Å². The molecule has 1 aromatic rings. The van der Waals surface area contributed by atoms with Crippen molar-refractivity contribution < 1.29 is 0 Å². The first kappa shape index (κ1) is 11.0. The zero-order valence-electron chi connectivity index (χ0n) is 8.53. The Morgan fingerprint density at radius 2 is 2.47 bits per heavy atom. The third-order valence-corrected chi connectivity index (χ3v) is 4.75. The van der Waals surface area contributed by atoms with Gasteiger partial charge in [0.15, 0.2) is 0 Å². The summed E-state index contributed by atoms with van der Waals surface area (Å²) in [7, 11) is 0. The second kappa shape index (κ2) is 5.55. The second-order valence-electron chi connectivity index (χ2n) is 3.74. The molecule has 15 heavy (non-hydrogen) atoms. The number of thiophene rings is 1. The van der Waals surface area contributed by atoms with E-state index < -0.39 is 0 Å². The van der Waals surface area contributed by atoms with Crippen molar-refractivity contribution in [3.05, 3.63) is 21.9 Å². The predicted molar refractivity (Wildman–Crippen MR) is 66.2 cm³/mol. The van der Waals surface area contributed by atoms with Crippen molar-refractivity contribution >= 4 is 23.1 Å². The summed E-state index contributed by atoms with van der Waals surface area (Å²) >= 11 is 3.64. The van der Waals surface area contributed by atoms with E-state index in [1.807, 2.05) is 12.1 Å². The second-order valence-corrected chi connectivity index (χ2v) is 6.06. The third-order valence-electron chi connectivity index (χ3n) is 2.53. The number of hydrogen-bond donors (Lipinski definition) is 1. The van der Waals surface area contributed by atoms with Crippen LogP contribution in [0.1, 0.15) is 16.2 Å². The molecule has 1 aromatic heterocycles. The molecular weight excluding hydrogens is 224 g/mol. The van der Waals surface area contributed by atoms with Crippen LogP contribution in [0.25, 0.3) is 0 Å². The van der Waals surface area contributed by atoms with Crippen molar-refractivity contribution in [3.8, 4) is 6.07 Å². The lowest BCUT2D eigenvalue weighted by Gasteiger charge is -2.08. The van der Waals surface area contributed by atoms with Gasteiger partial charge in [0, 0.05) is 11.4 Å². The fourth-order valence-corrected chi connectivity index (χ4v) is 3.74. The number of rotatable bonds is 4. The van der Waals surface area contributed by atoms with E-state index in [1.54, 1.807) is 11.3 Å². The van der Waals surface area contributed by atoms with Crippen molar-refractivity contribution in [1.82, 2.24) is 5.32 Å². The first-order valence-electron chi connectivity index (χ1n) is 5.16. The maximum atomic E-state index is 8.69. The smallest absolute Gasteiger partial charge is 0.110 e. The Hall–Kier alpha value is -0.500. The summed E-state index contributed by atoms with van der Waals surface area (Å²) in [6.45, 7) is 2.03. The molecule has 1 saturated heterocycles. The topological polar surface area (TPSA) is 35.8 Å². The standard InChI is InChI=1S/C11H14N2S2/c12-5-10-1-2-11(15-10)7-13-6-9-3-4-14-8-9/h1-2,9,13H,3-4,6-8H2. The zero-order valence-corrected chi connectivity index (χ0v) is 10.2. The highest BCUT2D eigenvalue weighted by Crippen LogP contribution is 2.22. The maximum absolute atomic E-state index is 8.69. The highest BCUT2D eigenvalue weighted by atomic mass is 32.2. The van der Waals surface area contributed by atoms with Crippen molar-refractivity contribution in [2.24, 2.45) is 5.92 Å². The first-order chi connectivity index (χ1) is 7.38. The lowest BCUT2D eigenvalue weighted by atomic mass is 10.1. The summed E-state index contributed by atoms with van der Waals surface area (Å²) in [4.78, 5) is 2.07. The quantitative estimate of drug-likeness (QED) is 0.875. The van der Waals surface area contributed by atoms with Gasteiger partial charge in [0.1, 0.15) is 10.9 Å². The molecule has 1 fully saturated rings. The Kier molecular flexibility index (Phi) is 4.07. The number of nitrogens with one attached hydrogen (secondary N) is 1. The van der Waals surface area contributed by atoms with E-state index in [2.05, 4.69) is 23.1 Å². The van der Waals surface area contributed by atoms with Crippen LogP contribution in [0.5, 0.6) is 0 Å². The molecule has 1 aliphatic heterocycles. The maximum Gasteiger partial charge on any atom is 0.110 e. The summed E-state index contributed by atoms with van der Waals surface area (Å²) in [6, 6.07) is 6.10. The molecule has 0 saturated carbocycles. The molecule has 0 bridgehead atoms. The lowest BCUT2D eigenvalue weighted by Crippen LogP contribution is -2.21. The predicted octanol–water partition coefficient (Wildman–Crippen LogP) is 2.46. The number of hydrogen-bond acceptors (Lipinski definition) is 4. The van der Waals surface area contributed by atoms with Crippen molar-refractivity contribution in [1.29, 1.82) is 5.26 Å². The average molecular weight is 238 g/mol. The minimum absolute atomic E-state index is 0.809. The minimum atomic E-state index is 0.809. The summed E-state index contributed by atoms with van der Waals surface area (Å²) in [5, 5.41) is 12.2. The van der Waals surface area contributed by atoms with Gasteiger partial charge in [-0.3, -0.25) is 0 Å². The van der Waals surface area contributed by atoms with E-state index in [9.17, 15) is 0 Å². The highest BCUT2D eigenvalue weighted by Gasteiger charge is 2.14. The van der Waals surface area contributed by atoms with Gasteiger partial charge in [-0.25, -0.2) is 0 Å². The molecule has 2 nitrogen and oxygen atoms in total. The van der Waals surface area contributed by atoms with Crippen LogP contribution in [0.15, 0.2) is 12.1 Å². The molecule has 0 aliphatic carbocycles. The Labute approximate surface area is 98.7 Å². The molecule has 1 atom stereocenters. The van der Waals surface area contributed by atoms with E-state index in [4.69, 9.17) is 5.26 Å². The SMILES string of the molecule is N#Cc1ccc(CNCC2CCSC2)s1. The third kappa shape index (κ3) is 3.23. The minimum Gasteiger partial charge on any atom is -0.312 e. The van der Waals surface area contributed by atoms with Gasteiger partial charge in [-0.1, -0.05) is 0 Å². The van der Waals surface area contributed by atoms with Crippen molar-refractivity contribution in [3.63, 3.8) is 0 Å². The van der Waals surface area contributed by atoms with Gasteiger partial charge in [-0.15, -0.1) is 11.3 Å². The van der Waals surface area contributed by atoms with Crippen LogP contribution in [-0.2, 0) is 6.54 Å². The Morgan fingerprint density at radius 1 is 1.53 bits per heavy atom. The summed E-state index contributed by atoms with van der Waals surface area (Å²) in [5.74, 6) is 3.48. The number of nitriles is 1. The largest absolute Gasteiger partial charge is 0.312 e. The molecule has 2 rings (SSSR count). The highest BCUT2D eigenvalue weighted by molar-refractivity contribution is 7.99. The molecule has 4 heteroatoms. The van der Waals surface area contributed by atoms with Gasteiger partial charge < -0.3 is 5.32 Å². The summed E-state index contributed by atoms with van der Waals surface area (Å²) < 4.78 is 0. The van der Waals surface area contributed by atoms with Crippen LogP contribution in [0.4, 0.5) is 0 Å². The van der Waals surface area contributed by atoms with Crippen LogP contribution in [-0.4, -0.2) is 18.1 Å². The number of nitrogens with zero attached hydrogens (tertiary/aromatic N) is 1.